The van der Waals surface area contributed by atoms with E-state index in [-0.39, 0.29) is 0 Å². The van der Waals surface area contributed by atoms with Crippen LogP contribution in [0.15, 0.2) is 24.3 Å². The standard InChI is InChI=1S/C14H21NO/c1-2-3-9-15-11-14-13-7-5-4-6-12(13)8-10-16-14/h4-7,14-15H,2-3,8-11H2,1H3/p+1/t14-/m1/s1. The first-order valence-corrected chi connectivity index (χ1v) is 6.43. The number of nitrogens with two attached hydrogens (primary N) is 1. The fraction of sp³-hybridized carbons (Fsp3) is 0.571. The molecule has 2 rings (SSSR count). The summed E-state index contributed by atoms with van der Waals surface area (Å²) in [7, 11) is 0. The molecule has 0 aliphatic carbocycles. The Morgan fingerprint density at radius 3 is 3.12 bits per heavy atom. The normalized spacial score (nSPS) is 19.4. The maximum atomic E-state index is 5.85. The van der Waals surface area contributed by atoms with Gasteiger partial charge >= 0.3 is 0 Å². The summed E-state index contributed by atoms with van der Waals surface area (Å²) in [5.41, 5.74) is 2.88. The van der Waals surface area contributed by atoms with Gasteiger partial charge in [-0.15, -0.1) is 0 Å². The van der Waals surface area contributed by atoms with Crippen LogP contribution in [0.3, 0.4) is 0 Å². The first-order valence-electron chi connectivity index (χ1n) is 6.43. The highest BCUT2D eigenvalue weighted by Gasteiger charge is 2.21. The van der Waals surface area contributed by atoms with Crippen molar-refractivity contribution in [2.24, 2.45) is 0 Å². The minimum Gasteiger partial charge on any atom is -0.367 e. The van der Waals surface area contributed by atoms with Crippen LogP contribution in [0.25, 0.3) is 0 Å². The summed E-state index contributed by atoms with van der Waals surface area (Å²) in [5.74, 6) is 0. The predicted molar refractivity (Wildman–Crippen MR) is 65.4 cm³/mol. The van der Waals surface area contributed by atoms with Crippen LogP contribution in [0.4, 0.5) is 0 Å². The number of hydrogen-bond acceptors (Lipinski definition) is 1. The third-order valence-corrected chi connectivity index (χ3v) is 3.23. The summed E-state index contributed by atoms with van der Waals surface area (Å²) >= 11 is 0. The van der Waals surface area contributed by atoms with E-state index in [0.29, 0.717) is 6.10 Å². The second-order valence-electron chi connectivity index (χ2n) is 4.47. The fourth-order valence-electron chi connectivity index (χ4n) is 2.29. The Balaban J connectivity index is 1.91. The predicted octanol–water partition coefficient (Wildman–Crippen LogP) is 1.66. The number of benzene rings is 1. The molecular weight excluding hydrogens is 198 g/mol. The lowest BCUT2D eigenvalue weighted by atomic mass is 9.97. The minimum atomic E-state index is 0.307. The van der Waals surface area contributed by atoms with Crippen molar-refractivity contribution >= 4 is 0 Å². The molecular formula is C14H22NO+. The van der Waals surface area contributed by atoms with Gasteiger partial charge in [0.1, 0.15) is 12.6 Å². The third-order valence-electron chi connectivity index (χ3n) is 3.23. The molecule has 88 valence electrons. The largest absolute Gasteiger partial charge is 0.367 e. The van der Waals surface area contributed by atoms with Crippen molar-refractivity contribution in [3.05, 3.63) is 35.4 Å². The van der Waals surface area contributed by atoms with Crippen molar-refractivity contribution in [1.29, 1.82) is 0 Å². The molecule has 0 spiro atoms. The Morgan fingerprint density at radius 2 is 2.25 bits per heavy atom. The zero-order chi connectivity index (χ0) is 11.2. The zero-order valence-corrected chi connectivity index (χ0v) is 10.1. The molecule has 0 bridgehead atoms. The van der Waals surface area contributed by atoms with Crippen LogP contribution in [0.5, 0.6) is 0 Å². The molecule has 1 atom stereocenters. The highest BCUT2D eigenvalue weighted by atomic mass is 16.5. The molecule has 2 N–H and O–H groups in total. The fourth-order valence-corrected chi connectivity index (χ4v) is 2.29. The summed E-state index contributed by atoms with van der Waals surface area (Å²) in [5, 5.41) is 2.39. The average Bonchev–Trinajstić information content (AvgIpc) is 2.35. The summed E-state index contributed by atoms with van der Waals surface area (Å²) in [6.45, 7) is 5.40. The van der Waals surface area contributed by atoms with Gasteiger partial charge in [0.05, 0.1) is 13.2 Å². The molecule has 0 aromatic heterocycles. The number of unbranched alkanes of at least 4 members (excludes halogenated alkanes) is 1. The van der Waals surface area contributed by atoms with Crippen LogP contribution in [-0.2, 0) is 11.2 Å². The lowest BCUT2D eigenvalue weighted by Gasteiger charge is -2.24. The molecule has 2 heteroatoms. The highest BCUT2D eigenvalue weighted by molar-refractivity contribution is 5.30. The van der Waals surface area contributed by atoms with E-state index in [1.165, 1.54) is 30.5 Å². The molecule has 1 aliphatic rings. The van der Waals surface area contributed by atoms with E-state index < -0.39 is 0 Å². The molecule has 1 aromatic carbocycles. The van der Waals surface area contributed by atoms with E-state index in [2.05, 4.69) is 36.5 Å². The van der Waals surface area contributed by atoms with Crippen molar-refractivity contribution in [3.8, 4) is 0 Å². The van der Waals surface area contributed by atoms with Crippen LogP contribution in [0, 0.1) is 0 Å². The van der Waals surface area contributed by atoms with Gasteiger partial charge in [-0.05, 0) is 24.0 Å². The van der Waals surface area contributed by atoms with Crippen LogP contribution in [0.1, 0.15) is 37.0 Å². The summed E-state index contributed by atoms with van der Waals surface area (Å²) in [4.78, 5) is 0. The van der Waals surface area contributed by atoms with E-state index in [1.807, 2.05) is 0 Å². The molecule has 0 amide bonds. The van der Waals surface area contributed by atoms with Crippen molar-refractivity contribution in [2.45, 2.75) is 32.3 Å². The molecule has 0 fully saturated rings. The molecule has 1 aliphatic heterocycles. The van der Waals surface area contributed by atoms with E-state index in [9.17, 15) is 0 Å². The lowest BCUT2D eigenvalue weighted by molar-refractivity contribution is -0.662. The van der Waals surface area contributed by atoms with Gasteiger partial charge in [0.25, 0.3) is 0 Å². The van der Waals surface area contributed by atoms with E-state index >= 15 is 0 Å². The summed E-state index contributed by atoms with van der Waals surface area (Å²) < 4.78 is 5.85. The summed E-state index contributed by atoms with van der Waals surface area (Å²) in [6, 6.07) is 8.69. The maximum Gasteiger partial charge on any atom is 0.131 e. The molecule has 2 nitrogen and oxygen atoms in total. The Hall–Kier alpha value is -0.860. The van der Waals surface area contributed by atoms with Gasteiger partial charge in [0.15, 0.2) is 0 Å². The van der Waals surface area contributed by atoms with Crippen molar-refractivity contribution in [1.82, 2.24) is 0 Å². The number of ether oxygens (including phenoxy) is 1. The van der Waals surface area contributed by atoms with E-state index in [4.69, 9.17) is 4.74 Å². The number of rotatable bonds is 5. The Kier molecular flexibility index (Phi) is 4.37. The average molecular weight is 220 g/mol. The van der Waals surface area contributed by atoms with Gasteiger partial charge in [-0.1, -0.05) is 37.6 Å². The van der Waals surface area contributed by atoms with E-state index in [1.54, 1.807) is 0 Å². The Labute approximate surface area is 98.0 Å². The monoisotopic (exact) mass is 220 g/mol. The lowest BCUT2D eigenvalue weighted by Crippen LogP contribution is -2.85. The van der Waals surface area contributed by atoms with Gasteiger partial charge in [-0.25, -0.2) is 0 Å². The molecule has 0 unspecified atom stereocenters. The molecule has 16 heavy (non-hydrogen) atoms. The van der Waals surface area contributed by atoms with Gasteiger partial charge in [-0.3, -0.25) is 0 Å². The van der Waals surface area contributed by atoms with Gasteiger partial charge in [-0.2, -0.15) is 0 Å². The van der Waals surface area contributed by atoms with E-state index in [0.717, 1.165) is 19.6 Å². The number of quaternary nitrogens is 1. The Bertz CT molecular complexity index is 324. The highest BCUT2D eigenvalue weighted by Crippen LogP contribution is 2.25. The van der Waals surface area contributed by atoms with Gasteiger partial charge in [0.2, 0.25) is 0 Å². The van der Waals surface area contributed by atoms with Crippen molar-refractivity contribution < 1.29 is 10.1 Å². The zero-order valence-electron chi connectivity index (χ0n) is 10.1. The minimum absolute atomic E-state index is 0.307. The van der Waals surface area contributed by atoms with Gasteiger partial charge < -0.3 is 10.1 Å². The van der Waals surface area contributed by atoms with Crippen LogP contribution < -0.4 is 5.32 Å². The molecule has 0 saturated carbocycles. The quantitative estimate of drug-likeness (QED) is 0.750. The van der Waals surface area contributed by atoms with Crippen molar-refractivity contribution in [2.75, 3.05) is 19.7 Å². The maximum absolute atomic E-state index is 5.85. The third kappa shape index (κ3) is 2.83. The van der Waals surface area contributed by atoms with Crippen LogP contribution in [-0.4, -0.2) is 19.7 Å². The first-order chi connectivity index (χ1) is 7.92. The van der Waals surface area contributed by atoms with Gasteiger partial charge in [0, 0.05) is 0 Å². The first kappa shape index (κ1) is 11.6. The van der Waals surface area contributed by atoms with Crippen LogP contribution >= 0.6 is 0 Å². The topological polar surface area (TPSA) is 25.8 Å². The number of fused-ring (bicyclic) bond motifs is 1. The SMILES string of the molecule is CCCC[NH2+]C[C@H]1OCCc2ccccc21. The van der Waals surface area contributed by atoms with Crippen LogP contribution in [0.2, 0.25) is 0 Å². The Morgan fingerprint density at radius 1 is 1.38 bits per heavy atom. The molecule has 0 radical (unpaired) electrons. The second kappa shape index (κ2) is 6.02. The summed E-state index contributed by atoms with van der Waals surface area (Å²) in [6.07, 6.45) is 3.95. The van der Waals surface area contributed by atoms with Crippen molar-refractivity contribution in [3.63, 3.8) is 0 Å². The molecule has 1 heterocycles. The molecule has 0 saturated heterocycles. The second-order valence-corrected chi connectivity index (χ2v) is 4.47. The smallest absolute Gasteiger partial charge is 0.131 e. The molecule has 1 aromatic rings. The number of hydrogen-bond donors (Lipinski definition) is 1.